The molecule has 1 aliphatic heterocycles. The van der Waals surface area contributed by atoms with Gasteiger partial charge in [0.15, 0.2) is 0 Å². The topological polar surface area (TPSA) is 89.7 Å². The van der Waals surface area contributed by atoms with E-state index in [9.17, 15) is 13.2 Å². The van der Waals surface area contributed by atoms with E-state index in [-0.39, 0.29) is 22.3 Å². The maximum Gasteiger partial charge on any atom is 0.348 e. The zero-order valence-electron chi connectivity index (χ0n) is 15.2. The van der Waals surface area contributed by atoms with Crippen LogP contribution in [0, 0.1) is 5.41 Å². The molecule has 0 spiro atoms. The minimum absolute atomic E-state index is 0.0135. The molecular weight excluding hydrogens is 372 g/mol. The summed E-state index contributed by atoms with van der Waals surface area (Å²) in [6.45, 7) is 6.86. The van der Waals surface area contributed by atoms with Crippen LogP contribution < -0.4 is 5.73 Å². The highest BCUT2D eigenvalue weighted by molar-refractivity contribution is 7.89. The zero-order chi connectivity index (χ0) is 19.1. The second kappa shape index (κ2) is 6.92. The van der Waals surface area contributed by atoms with E-state index >= 15 is 0 Å². The maximum absolute atomic E-state index is 13.1. The van der Waals surface area contributed by atoms with E-state index in [1.54, 1.807) is 31.2 Å². The van der Waals surface area contributed by atoms with Gasteiger partial charge in [-0.15, -0.1) is 11.3 Å². The van der Waals surface area contributed by atoms with Crippen molar-refractivity contribution < 1.29 is 17.9 Å². The number of fused-ring (bicyclic) bond motifs is 1. The Kier molecular flexibility index (Phi) is 5.13. The van der Waals surface area contributed by atoms with E-state index < -0.39 is 10.0 Å². The molecule has 2 aromatic rings. The van der Waals surface area contributed by atoms with Gasteiger partial charge in [-0.1, -0.05) is 13.8 Å². The highest BCUT2D eigenvalue weighted by Gasteiger charge is 2.38. The van der Waals surface area contributed by atoms with Crippen molar-refractivity contribution in [2.45, 2.75) is 38.1 Å². The number of nitrogens with two attached hydrogens (primary N) is 1. The molecule has 1 fully saturated rings. The van der Waals surface area contributed by atoms with E-state index in [0.717, 1.165) is 10.1 Å². The van der Waals surface area contributed by atoms with Gasteiger partial charge in [0.25, 0.3) is 0 Å². The second-order valence-corrected chi connectivity index (χ2v) is 10.3. The van der Waals surface area contributed by atoms with Crippen LogP contribution in [0.3, 0.4) is 0 Å². The van der Waals surface area contributed by atoms with Gasteiger partial charge in [-0.25, -0.2) is 13.2 Å². The van der Waals surface area contributed by atoms with Gasteiger partial charge in [-0.05, 0) is 48.4 Å². The second-order valence-electron chi connectivity index (χ2n) is 7.25. The van der Waals surface area contributed by atoms with Crippen molar-refractivity contribution in [1.82, 2.24) is 4.31 Å². The van der Waals surface area contributed by atoms with Crippen molar-refractivity contribution in [1.29, 1.82) is 0 Å². The first kappa shape index (κ1) is 19.3. The van der Waals surface area contributed by atoms with Crippen molar-refractivity contribution >= 4 is 37.4 Å². The number of hydrogen-bond acceptors (Lipinski definition) is 6. The Hall–Kier alpha value is -1.48. The normalized spacial score (nSPS) is 21.0. The Balaban J connectivity index is 1.93. The lowest BCUT2D eigenvalue weighted by Crippen LogP contribution is -2.53. The van der Waals surface area contributed by atoms with Crippen LogP contribution in [-0.2, 0) is 14.8 Å². The van der Waals surface area contributed by atoms with Crippen molar-refractivity contribution in [3.05, 3.63) is 29.1 Å². The minimum atomic E-state index is -3.60. The smallest absolute Gasteiger partial charge is 0.348 e. The summed E-state index contributed by atoms with van der Waals surface area (Å²) in [7, 11) is -3.60. The van der Waals surface area contributed by atoms with Gasteiger partial charge in [0, 0.05) is 23.8 Å². The van der Waals surface area contributed by atoms with Crippen LogP contribution in [0.2, 0.25) is 0 Å². The Labute approximate surface area is 158 Å². The molecule has 8 heteroatoms. The van der Waals surface area contributed by atoms with Crippen molar-refractivity contribution in [2.75, 3.05) is 19.7 Å². The number of piperidine rings is 1. The quantitative estimate of drug-likeness (QED) is 0.803. The van der Waals surface area contributed by atoms with Crippen molar-refractivity contribution in [2.24, 2.45) is 11.1 Å². The van der Waals surface area contributed by atoms with Gasteiger partial charge < -0.3 is 10.5 Å². The third-order valence-electron chi connectivity index (χ3n) is 4.88. The molecule has 1 unspecified atom stereocenters. The number of ether oxygens (including phenoxy) is 1. The molecule has 1 aromatic heterocycles. The van der Waals surface area contributed by atoms with Crippen LogP contribution in [0.25, 0.3) is 10.1 Å². The molecule has 1 saturated heterocycles. The van der Waals surface area contributed by atoms with Gasteiger partial charge >= 0.3 is 5.97 Å². The molecule has 1 aliphatic rings. The number of rotatable bonds is 4. The summed E-state index contributed by atoms with van der Waals surface area (Å²) >= 11 is 1.30. The standard InChI is InChI=1S/C18H24N2O4S2/c1-4-24-17(21)15-10-12-9-13(5-6-14(12)25-15)26(22,23)20-8-7-16(19)18(2,3)11-20/h5-6,9-10,16H,4,7-8,11,19H2,1-3H3. The van der Waals surface area contributed by atoms with Crippen LogP contribution in [0.4, 0.5) is 0 Å². The molecule has 0 saturated carbocycles. The molecule has 2 N–H and O–H groups in total. The highest BCUT2D eigenvalue weighted by atomic mass is 32.2. The SMILES string of the molecule is CCOC(=O)c1cc2cc(S(=O)(=O)N3CCC(N)C(C)(C)C3)ccc2s1. The first-order valence-electron chi connectivity index (χ1n) is 8.61. The third-order valence-corrected chi connectivity index (χ3v) is 7.82. The van der Waals surface area contributed by atoms with Gasteiger partial charge in [-0.2, -0.15) is 4.31 Å². The predicted octanol–water partition coefficient (Wildman–Crippen LogP) is 2.83. The summed E-state index contributed by atoms with van der Waals surface area (Å²) < 4.78 is 33.5. The van der Waals surface area contributed by atoms with Gasteiger partial charge in [0.2, 0.25) is 10.0 Å². The summed E-state index contributed by atoms with van der Waals surface area (Å²) in [6.07, 6.45) is 0.639. The Morgan fingerprint density at radius 3 is 2.77 bits per heavy atom. The molecule has 0 bridgehead atoms. The summed E-state index contributed by atoms with van der Waals surface area (Å²) in [4.78, 5) is 12.6. The number of thiophene rings is 1. The van der Waals surface area contributed by atoms with E-state index in [2.05, 4.69) is 0 Å². The first-order chi connectivity index (χ1) is 12.1. The van der Waals surface area contributed by atoms with Gasteiger partial charge in [0.05, 0.1) is 11.5 Å². The summed E-state index contributed by atoms with van der Waals surface area (Å²) in [5.41, 5.74) is 5.85. The van der Waals surface area contributed by atoms with Crippen LogP contribution in [0.5, 0.6) is 0 Å². The van der Waals surface area contributed by atoms with Gasteiger partial charge in [-0.3, -0.25) is 0 Å². The molecule has 6 nitrogen and oxygen atoms in total. The molecular formula is C18H24N2O4S2. The average molecular weight is 397 g/mol. The maximum atomic E-state index is 13.1. The molecule has 0 amide bonds. The number of hydrogen-bond donors (Lipinski definition) is 1. The van der Waals surface area contributed by atoms with Crippen LogP contribution in [0.1, 0.15) is 36.9 Å². The molecule has 142 valence electrons. The first-order valence-corrected chi connectivity index (χ1v) is 10.9. The number of nitrogens with zero attached hydrogens (tertiary/aromatic N) is 1. The highest BCUT2D eigenvalue weighted by Crippen LogP contribution is 2.33. The summed E-state index contributed by atoms with van der Waals surface area (Å²) in [5.74, 6) is -0.384. The van der Waals surface area contributed by atoms with Crippen LogP contribution in [0.15, 0.2) is 29.2 Å². The number of carbonyl (C=O) groups is 1. The average Bonchev–Trinajstić information content (AvgIpc) is 3.00. The summed E-state index contributed by atoms with van der Waals surface area (Å²) in [5, 5.41) is 0.729. The summed E-state index contributed by atoms with van der Waals surface area (Å²) in [6, 6.07) is 6.65. The van der Waals surface area contributed by atoms with E-state index in [1.807, 2.05) is 13.8 Å². The van der Waals surface area contributed by atoms with Gasteiger partial charge in [0.1, 0.15) is 4.88 Å². The fourth-order valence-electron chi connectivity index (χ4n) is 3.16. The van der Waals surface area contributed by atoms with E-state index in [1.165, 1.54) is 15.6 Å². The predicted molar refractivity (Wildman–Crippen MR) is 103 cm³/mol. The Morgan fingerprint density at radius 2 is 2.12 bits per heavy atom. The fraction of sp³-hybridized carbons (Fsp3) is 0.500. The molecule has 1 aromatic carbocycles. The number of esters is 1. The lowest BCUT2D eigenvalue weighted by molar-refractivity contribution is 0.0532. The molecule has 0 aliphatic carbocycles. The van der Waals surface area contributed by atoms with Crippen molar-refractivity contribution in [3.8, 4) is 0 Å². The van der Waals surface area contributed by atoms with E-state index in [0.29, 0.717) is 31.0 Å². The minimum Gasteiger partial charge on any atom is -0.462 e. The van der Waals surface area contributed by atoms with Crippen LogP contribution >= 0.6 is 11.3 Å². The number of benzene rings is 1. The number of sulfonamides is 1. The lowest BCUT2D eigenvalue weighted by atomic mass is 9.81. The number of carbonyl (C=O) groups excluding carboxylic acids is 1. The Morgan fingerprint density at radius 1 is 1.38 bits per heavy atom. The molecule has 2 heterocycles. The molecule has 26 heavy (non-hydrogen) atoms. The molecule has 0 radical (unpaired) electrons. The molecule has 1 atom stereocenters. The van der Waals surface area contributed by atoms with Crippen LogP contribution in [-0.4, -0.2) is 44.4 Å². The molecule has 3 rings (SSSR count). The largest absolute Gasteiger partial charge is 0.462 e. The van der Waals surface area contributed by atoms with Crippen molar-refractivity contribution in [3.63, 3.8) is 0 Å². The Bertz CT molecular complexity index is 934. The fourth-order valence-corrected chi connectivity index (χ4v) is 5.76. The monoisotopic (exact) mass is 396 g/mol. The van der Waals surface area contributed by atoms with E-state index in [4.69, 9.17) is 10.5 Å². The zero-order valence-corrected chi connectivity index (χ0v) is 16.8. The lowest BCUT2D eigenvalue weighted by Gasteiger charge is -2.41. The third kappa shape index (κ3) is 3.51.